The molecule has 1 heterocycles. The van der Waals surface area contributed by atoms with E-state index in [0.29, 0.717) is 12.5 Å². The summed E-state index contributed by atoms with van der Waals surface area (Å²) in [6, 6.07) is 0. The minimum atomic E-state index is 0.292. The summed E-state index contributed by atoms with van der Waals surface area (Å²) >= 11 is 0. The Labute approximate surface area is 80.7 Å². The lowest BCUT2D eigenvalue weighted by molar-refractivity contribution is -0.126. The van der Waals surface area contributed by atoms with Gasteiger partial charge in [-0.2, -0.15) is 0 Å². The number of amides is 1. The van der Waals surface area contributed by atoms with E-state index in [1.165, 1.54) is 6.42 Å². The van der Waals surface area contributed by atoms with Crippen molar-refractivity contribution in [2.75, 3.05) is 20.2 Å². The van der Waals surface area contributed by atoms with Crippen molar-refractivity contribution in [2.24, 2.45) is 0 Å². The van der Waals surface area contributed by atoms with Gasteiger partial charge in [-0.05, 0) is 12.8 Å². The highest BCUT2D eigenvalue weighted by Crippen LogP contribution is 2.04. The molecule has 0 aromatic heterocycles. The van der Waals surface area contributed by atoms with Gasteiger partial charge in [-0.3, -0.25) is 4.79 Å². The van der Waals surface area contributed by atoms with E-state index in [-0.39, 0.29) is 0 Å². The molecule has 1 rings (SSSR count). The molecule has 1 aliphatic rings. The third-order valence-corrected chi connectivity index (χ3v) is 2.07. The van der Waals surface area contributed by atoms with Crippen molar-refractivity contribution in [3.8, 4) is 0 Å². The molecule has 0 aliphatic carbocycles. The Morgan fingerprint density at radius 3 is 2.31 bits per heavy atom. The number of hydrogen-bond acceptors (Lipinski definition) is 2. The Morgan fingerprint density at radius 1 is 1.46 bits per heavy atom. The summed E-state index contributed by atoms with van der Waals surface area (Å²) in [5, 5.41) is 8.20. The lowest BCUT2D eigenvalue weighted by Crippen LogP contribution is -2.17. The van der Waals surface area contributed by atoms with Crippen LogP contribution >= 0.6 is 0 Å². The lowest BCUT2D eigenvalue weighted by atomic mass is 10.3. The molecule has 1 aliphatic heterocycles. The van der Waals surface area contributed by atoms with Gasteiger partial charge in [0.15, 0.2) is 0 Å². The Bertz CT molecular complexity index is 133. The number of likely N-dealkylation sites (tertiary alicyclic amines) is 1. The van der Waals surface area contributed by atoms with E-state index in [1.807, 2.05) is 7.05 Å². The number of aliphatic hydroxyl groups excluding tert-OH is 1. The summed E-state index contributed by atoms with van der Waals surface area (Å²) < 4.78 is 0. The molecule has 1 fully saturated rings. The molecule has 1 amide bonds. The molecular formula is C10H21NO2. The Kier molecular flexibility index (Phi) is 7.69. The monoisotopic (exact) mass is 187 g/mol. The molecule has 78 valence electrons. The molecular weight excluding hydrogens is 166 g/mol. The third kappa shape index (κ3) is 6.58. The molecule has 3 nitrogen and oxygen atoms in total. The summed E-state index contributed by atoms with van der Waals surface area (Å²) in [6.45, 7) is 3.43. The maximum absolute atomic E-state index is 10.5. The quantitative estimate of drug-likeness (QED) is 0.679. The average molecular weight is 187 g/mol. The first-order chi connectivity index (χ1) is 6.22. The maximum atomic E-state index is 10.5. The molecule has 0 atom stereocenters. The van der Waals surface area contributed by atoms with Crippen LogP contribution in [-0.4, -0.2) is 36.1 Å². The van der Waals surface area contributed by atoms with Crippen LogP contribution < -0.4 is 0 Å². The van der Waals surface area contributed by atoms with Crippen LogP contribution in [0.5, 0.6) is 0 Å². The van der Waals surface area contributed by atoms with Crippen LogP contribution in [0, 0.1) is 0 Å². The summed E-state index contributed by atoms with van der Waals surface area (Å²) in [4.78, 5) is 12.3. The third-order valence-electron chi connectivity index (χ3n) is 2.07. The second kappa shape index (κ2) is 8.05. The highest BCUT2D eigenvalue weighted by Gasteiger charge is 2.14. The van der Waals surface area contributed by atoms with Gasteiger partial charge in [0.25, 0.3) is 0 Å². The Hall–Kier alpha value is -0.570. The largest absolute Gasteiger partial charge is 0.396 e. The van der Waals surface area contributed by atoms with Crippen molar-refractivity contribution in [3.63, 3.8) is 0 Å². The predicted octanol–water partition coefficient (Wildman–Crippen LogP) is 1.41. The van der Waals surface area contributed by atoms with Crippen molar-refractivity contribution < 1.29 is 9.90 Å². The van der Waals surface area contributed by atoms with Crippen molar-refractivity contribution in [3.05, 3.63) is 0 Å². The molecule has 0 aromatic rings. The number of unbranched alkanes of at least 4 members (excludes halogenated alkanes) is 2. The molecule has 3 heteroatoms. The first kappa shape index (κ1) is 12.4. The van der Waals surface area contributed by atoms with E-state index in [1.54, 1.807) is 4.90 Å². The molecule has 13 heavy (non-hydrogen) atoms. The van der Waals surface area contributed by atoms with Crippen LogP contribution in [0.3, 0.4) is 0 Å². The average Bonchev–Trinajstić information content (AvgIpc) is 2.49. The van der Waals surface area contributed by atoms with Gasteiger partial charge in [0, 0.05) is 26.6 Å². The van der Waals surface area contributed by atoms with Gasteiger partial charge >= 0.3 is 0 Å². The fourth-order valence-corrected chi connectivity index (χ4v) is 1.14. The van der Waals surface area contributed by atoms with Gasteiger partial charge in [-0.25, -0.2) is 0 Å². The topological polar surface area (TPSA) is 40.5 Å². The number of hydrogen-bond donors (Lipinski definition) is 1. The molecule has 1 N–H and O–H groups in total. The molecule has 0 aromatic carbocycles. The summed E-state index contributed by atoms with van der Waals surface area (Å²) in [6.07, 6.45) is 5.14. The second-order valence-electron chi connectivity index (χ2n) is 3.35. The van der Waals surface area contributed by atoms with E-state index in [2.05, 4.69) is 6.92 Å². The molecule has 0 unspecified atom stereocenters. The minimum absolute atomic E-state index is 0.292. The summed E-state index contributed by atoms with van der Waals surface area (Å²) in [5.41, 5.74) is 0. The first-order valence-electron chi connectivity index (χ1n) is 5.07. The van der Waals surface area contributed by atoms with Crippen LogP contribution in [0.15, 0.2) is 0 Å². The normalized spacial score (nSPS) is 15.6. The molecule has 1 saturated heterocycles. The van der Waals surface area contributed by atoms with Crippen LogP contribution in [0.2, 0.25) is 0 Å². The van der Waals surface area contributed by atoms with E-state index in [9.17, 15) is 4.79 Å². The highest BCUT2D eigenvalue weighted by molar-refractivity contribution is 5.77. The highest BCUT2D eigenvalue weighted by atomic mass is 16.2. The SMILES string of the molecule is CCCCCO.CN1CCCC1=O. The molecule has 0 bridgehead atoms. The van der Waals surface area contributed by atoms with Gasteiger partial charge in [0.05, 0.1) is 0 Å². The zero-order valence-corrected chi connectivity index (χ0v) is 8.75. The number of carbonyl (C=O) groups excluding carboxylic acids is 1. The van der Waals surface area contributed by atoms with E-state index >= 15 is 0 Å². The van der Waals surface area contributed by atoms with Crippen LogP contribution in [0.25, 0.3) is 0 Å². The summed E-state index contributed by atoms with van der Waals surface area (Å²) in [7, 11) is 1.84. The van der Waals surface area contributed by atoms with Crippen molar-refractivity contribution >= 4 is 5.91 Å². The van der Waals surface area contributed by atoms with Gasteiger partial charge < -0.3 is 10.0 Å². The molecule has 0 spiro atoms. The molecule has 0 radical (unpaired) electrons. The van der Waals surface area contributed by atoms with Gasteiger partial charge in [0.1, 0.15) is 0 Å². The first-order valence-corrected chi connectivity index (χ1v) is 5.07. The van der Waals surface area contributed by atoms with Crippen LogP contribution in [-0.2, 0) is 4.79 Å². The maximum Gasteiger partial charge on any atom is 0.222 e. The van der Waals surface area contributed by atoms with Gasteiger partial charge in [-0.15, -0.1) is 0 Å². The number of rotatable bonds is 3. The van der Waals surface area contributed by atoms with Gasteiger partial charge in [-0.1, -0.05) is 19.8 Å². The second-order valence-corrected chi connectivity index (χ2v) is 3.35. The lowest BCUT2D eigenvalue weighted by Gasteiger charge is -2.03. The number of carbonyl (C=O) groups is 1. The zero-order valence-electron chi connectivity index (χ0n) is 8.75. The van der Waals surface area contributed by atoms with E-state index < -0.39 is 0 Å². The van der Waals surface area contributed by atoms with Gasteiger partial charge in [0.2, 0.25) is 5.91 Å². The molecule has 0 saturated carbocycles. The van der Waals surface area contributed by atoms with Crippen LogP contribution in [0.1, 0.15) is 39.0 Å². The Balaban J connectivity index is 0.000000226. The minimum Gasteiger partial charge on any atom is -0.396 e. The van der Waals surface area contributed by atoms with Crippen molar-refractivity contribution in [2.45, 2.75) is 39.0 Å². The van der Waals surface area contributed by atoms with E-state index in [0.717, 1.165) is 32.2 Å². The van der Waals surface area contributed by atoms with Crippen molar-refractivity contribution in [1.82, 2.24) is 4.90 Å². The Morgan fingerprint density at radius 2 is 2.15 bits per heavy atom. The number of aliphatic hydroxyl groups is 1. The van der Waals surface area contributed by atoms with E-state index in [4.69, 9.17) is 5.11 Å². The zero-order chi connectivity index (χ0) is 10.1. The van der Waals surface area contributed by atoms with Crippen LogP contribution in [0.4, 0.5) is 0 Å². The fraction of sp³-hybridized carbons (Fsp3) is 0.900. The fourth-order valence-electron chi connectivity index (χ4n) is 1.14. The van der Waals surface area contributed by atoms with Crippen molar-refractivity contribution in [1.29, 1.82) is 0 Å². The smallest absolute Gasteiger partial charge is 0.222 e. The number of nitrogens with zero attached hydrogens (tertiary/aromatic N) is 1. The standard InChI is InChI=1S/C5H9NO.C5H12O/c1-6-4-2-3-5(6)7;1-2-3-4-5-6/h2-4H2,1H3;6H,2-5H2,1H3. The summed E-state index contributed by atoms with van der Waals surface area (Å²) in [5.74, 6) is 0.292. The predicted molar refractivity (Wildman–Crippen MR) is 53.5 cm³/mol.